The van der Waals surface area contributed by atoms with Gasteiger partial charge in [0, 0.05) is 19.1 Å². The number of halogens is 1. The number of phenols is 1. The SMILES string of the molecule is CCNC1CCN(C(=O)c2cc(F)ccc2O)CC1C. The zero-order chi connectivity index (χ0) is 14.7. The van der Waals surface area contributed by atoms with Crippen LogP contribution in [0.25, 0.3) is 0 Å². The average Bonchev–Trinajstić information content (AvgIpc) is 2.43. The molecule has 1 fully saturated rings. The number of carbonyl (C=O) groups is 1. The lowest BCUT2D eigenvalue weighted by atomic mass is 9.93. The molecule has 0 aliphatic carbocycles. The Kier molecular flexibility index (Phi) is 4.60. The predicted octanol–water partition coefficient (Wildman–Crippen LogP) is 1.99. The summed E-state index contributed by atoms with van der Waals surface area (Å²) in [5.41, 5.74) is 0.0408. The van der Waals surface area contributed by atoms with Crippen molar-refractivity contribution in [2.45, 2.75) is 26.3 Å². The molecule has 1 aromatic rings. The summed E-state index contributed by atoms with van der Waals surface area (Å²) in [4.78, 5) is 14.0. The highest BCUT2D eigenvalue weighted by atomic mass is 19.1. The standard InChI is InChI=1S/C15H21FN2O2/c1-3-17-13-6-7-18(9-10(13)2)15(20)12-8-11(16)4-5-14(12)19/h4-5,8,10,13,17,19H,3,6-7,9H2,1-2H3. The summed E-state index contributed by atoms with van der Waals surface area (Å²) in [6.07, 6.45) is 0.872. The van der Waals surface area contributed by atoms with Crippen LogP contribution >= 0.6 is 0 Å². The third-order valence-corrected chi connectivity index (χ3v) is 3.85. The van der Waals surface area contributed by atoms with Crippen LogP contribution < -0.4 is 5.32 Å². The molecule has 0 aromatic heterocycles. The fraction of sp³-hybridized carbons (Fsp3) is 0.533. The van der Waals surface area contributed by atoms with E-state index >= 15 is 0 Å². The Morgan fingerprint density at radius 2 is 2.30 bits per heavy atom. The van der Waals surface area contributed by atoms with Gasteiger partial charge in [-0.3, -0.25) is 4.79 Å². The Balaban J connectivity index is 2.09. The summed E-state index contributed by atoms with van der Waals surface area (Å²) >= 11 is 0. The number of hydrogen-bond acceptors (Lipinski definition) is 3. The van der Waals surface area contributed by atoms with E-state index in [0.717, 1.165) is 25.1 Å². The van der Waals surface area contributed by atoms with Gasteiger partial charge in [0.1, 0.15) is 11.6 Å². The fourth-order valence-corrected chi connectivity index (χ4v) is 2.75. The molecule has 4 nitrogen and oxygen atoms in total. The number of nitrogens with zero attached hydrogens (tertiary/aromatic N) is 1. The van der Waals surface area contributed by atoms with Crippen molar-refractivity contribution in [3.8, 4) is 5.75 Å². The topological polar surface area (TPSA) is 52.6 Å². The van der Waals surface area contributed by atoms with E-state index in [-0.39, 0.29) is 17.2 Å². The Bertz CT molecular complexity index is 493. The Morgan fingerprint density at radius 1 is 1.55 bits per heavy atom. The lowest BCUT2D eigenvalue weighted by Crippen LogP contribution is -2.50. The van der Waals surface area contributed by atoms with E-state index in [1.165, 1.54) is 6.07 Å². The van der Waals surface area contributed by atoms with Crippen molar-refractivity contribution in [2.24, 2.45) is 5.92 Å². The molecule has 2 atom stereocenters. The molecule has 110 valence electrons. The number of amides is 1. The van der Waals surface area contributed by atoms with E-state index in [4.69, 9.17) is 0 Å². The normalized spacial score (nSPS) is 22.9. The zero-order valence-corrected chi connectivity index (χ0v) is 11.9. The average molecular weight is 280 g/mol. The van der Waals surface area contributed by atoms with Crippen molar-refractivity contribution in [1.29, 1.82) is 0 Å². The van der Waals surface area contributed by atoms with Crippen LogP contribution in [0.4, 0.5) is 4.39 Å². The van der Waals surface area contributed by atoms with Crippen molar-refractivity contribution in [2.75, 3.05) is 19.6 Å². The van der Waals surface area contributed by atoms with E-state index in [2.05, 4.69) is 19.2 Å². The second kappa shape index (κ2) is 6.22. The predicted molar refractivity (Wildman–Crippen MR) is 75.2 cm³/mol. The quantitative estimate of drug-likeness (QED) is 0.890. The molecular formula is C15H21FN2O2. The molecule has 5 heteroatoms. The third kappa shape index (κ3) is 3.10. The van der Waals surface area contributed by atoms with E-state index in [1.807, 2.05) is 0 Å². The minimum absolute atomic E-state index is 0.0408. The molecular weight excluding hydrogens is 259 g/mol. The molecule has 0 radical (unpaired) electrons. The molecule has 1 heterocycles. The zero-order valence-electron chi connectivity index (χ0n) is 11.9. The van der Waals surface area contributed by atoms with Crippen molar-refractivity contribution in [3.63, 3.8) is 0 Å². The number of benzene rings is 1. The molecule has 1 aliphatic heterocycles. The first-order valence-electron chi connectivity index (χ1n) is 7.04. The lowest BCUT2D eigenvalue weighted by molar-refractivity contribution is 0.0642. The number of carbonyl (C=O) groups excluding carboxylic acids is 1. The number of phenolic OH excluding ortho intramolecular Hbond substituents is 1. The Morgan fingerprint density at radius 3 is 2.95 bits per heavy atom. The van der Waals surface area contributed by atoms with Gasteiger partial charge in [-0.05, 0) is 37.1 Å². The number of piperidine rings is 1. The van der Waals surface area contributed by atoms with E-state index in [9.17, 15) is 14.3 Å². The molecule has 0 saturated carbocycles. The molecule has 1 saturated heterocycles. The minimum Gasteiger partial charge on any atom is -0.507 e. The van der Waals surface area contributed by atoms with Crippen LogP contribution in [0.1, 0.15) is 30.6 Å². The number of aromatic hydroxyl groups is 1. The Hall–Kier alpha value is -1.62. The fourth-order valence-electron chi connectivity index (χ4n) is 2.75. The molecule has 1 amide bonds. The van der Waals surface area contributed by atoms with Gasteiger partial charge >= 0.3 is 0 Å². The van der Waals surface area contributed by atoms with E-state index in [0.29, 0.717) is 25.0 Å². The smallest absolute Gasteiger partial charge is 0.257 e. The summed E-state index contributed by atoms with van der Waals surface area (Å²) in [6, 6.07) is 3.87. The Labute approximate surface area is 118 Å². The molecule has 0 bridgehead atoms. The van der Waals surface area contributed by atoms with Gasteiger partial charge in [0.15, 0.2) is 0 Å². The maximum atomic E-state index is 13.2. The number of hydrogen-bond donors (Lipinski definition) is 2. The van der Waals surface area contributed by atoms with Gasteiger partial charge in [-0.1, -0.05) is 13.8 Å². The lowest BCUT2D eigenvalue weighted by Gasteiger charge is -2.37. The highest BCUT2D eigenvalue weighted by Crippen LogP contribution is 2.23. The second-order valence-corrected chi connectivity index (χ2v) is 5.34. The minimum atomic E-state index is -0.512. The number of nitrogens with one attached hydrogen (secondary N) is 1. The van der Waals surface area contributed by atoms with Crippen LogP contribution in [0.5, 0.6) is 5.75 Å². The van der Waals surface area contributed by atoms with Crippen LogP contribution in [0.15, 0.2) is 18.2 Å². The summed E-state index contributed by atoms with van der Waals surface area (Å²) in [6.45, 7) is 6.31. The van der Waals surface area contributed by atoms with Crippen LogP contribution in [-0.4, -0.2) is 41.6 Å². The van der Waals surface area contributed by atoms with Crippen LogP contribution in [0.2, 0.25) is 0 Å². The van der Waals surface area contributed by atoms with Gasteiger partial charge < -0.3 is 15.3 Å². The number of rotatable bonds is 3. The first kappa shape index (κ1) is 14.8. The molecule has 2 N–H and O–H groups in total. The van der Waals surface area contributed by atoms with Crippen molar-refractivity contribution < 1.29 is 14.3 Å². The maximum absolute atomic E-state index is 13.2. The van der Waals surface area contributed by atoms with Crippen molar-refractivity contribution in [1.82, 2.24) is 10.2 Å². The van der Waals surface area contributed by atoms with E-state index in [1.54, 1.807) is 4.90 Å². The van der Waals surface area contributed by atoms with Gasteiger partial charge in [0.2, 0.25) is 0 Å². The summed E-state index contributed by atoms with van der Waals surface area (Å²) in [5, 5.41) is 13.1. The monoisotopic (exact) mass is 280 g/mol. The van der Waals surface area contributed by atoms with Gasteiger partial charge in [-0.25, -0.2) is 4.39 Å². The molecule has 2 rings (SSSR count). The molecule has 2 unspecified atom stereocenters. The summed E-state index contributed by atoms with van der Waals surface area (Å²) in [7, 11) is 0. The third-order valence-electron chi connectivity index (χ3n) is 3.85. The van der Waals surface area contributed by atoms with Crippen LogP contribution in [-0.2, 0) is 0 Å². The van der Waals surface area contributed by atoms with Crippen LogP contribution in [0.3, 0.4) is 0 Å². The first-order valence-corrected chi connectivity index (χ1v) is 7.04. The maximum Gasteiger partial charge on any atom is 0.257 e. The van der Waals surface area contributed by atoms with E-state index < -0.39 is 5.82 Å². The van der Waals surface area contributed by atoms with Gasteiger partial charge in [-0.2, -0.15) is 0 Å². The summed E-state index contributed by atoms with van der Waals surface area (Å²) < 4.78 is 13.2. The van der Waals surface area contributed by atoms with Crippen LogP contribution in [0, 0.1) is 11.7 Å². The largest absolute Gasteiger partial charge is 0.507 e. The summed E-state index contributed by atoms with van der Waals surface area (Å²) in [5.74, 6) is -0.647. The molecule has 1 aliphatic rings. The number of likely N-dealkylation sites (tertiary alicyclic amines) is 1. The van der Waals surface area contributed by atoms with Crippen molar-refractivity contribution in [3.05, 3.63) is 29.6 Å². The van der Waals surface area contributed by atoms with Gasteiger partial charge in [0.05, 0.1) is 5.56 Å². The van der Waals surface area contributed by atoms with Crippen molar-refractivity contribution >= 4 is 5.91 Å². The van der Waals surface area contributed by atoms with Gasteiger partial charge in [-0.15, -0.1) is 0 Å². The van der Waals surface area contributed by atoms with Gasteiger partial charge in [0.25, 0.3) is 5.91 Å². The first-order chi connectivity index (χ1) is 9.52. The second-order valence-electron chi connectivity index (χ2n) is 5.34. The highest BCUT2D eigenvalue weighted by Gasteiger charge is 2.29. The molecule has 20 heavy (non-hydrogen) atoms. The highest BCUT2D eigenvalue weighted by molar-refractivity contribution is 5.96. The molecule has 1 aromatic carbocycles. The molecule has 0 spiro atoms.